The largest absolute Gasteiger partial charge is 0.496 e. The molecule has 2 atom stereocenters. The average Bonchev–Trinajstić information content (AvgIpc) is 2.81. The SMILES string of the molecule is COc1c(C)cc(-c2cc3c(cc2F)[C@H](NC(=O)O[C@@H]2CN4CCC2CC4)C(C)(C)CC3)cc1C. The summed E-state index contributed by atoms with van der Waals surface area (Å²) in [6.07, 6.45) is 3.49. The number of rotatable bonds is 4. The minimum Gasteiger partial charge on any atom is -0.496 e. The molecule has 0 radical (unpaired) electrons. The van der Waals surface area contributed by atoms with Gasteiger partial charge in [-0.05, 0) is 116 Å². The molecular formula is C29H37FN2O3. The standard InChI is InChI=1S/C29H37FN2O3/c1-17-12-21(13-18(2)26(17)34-5)22-14-20-6-9-29(3,4)27(23(20)15-24(22)30)31-28(33)35-25-16-32-10-7-19(25)8-11-32/h12-15,19,25,27H,6-11,16H2,1-5H3,(H,31,33)/t25-,27+/m1/s1. The number of nitrogens with zero attached hydrogens (tertiary/aromatic N) is 1. The molecule has 2 aromatic carbocycles. The molecule has 5 nitrogen and oxygen atoms in total. The summed E-state index contributed by atoms with van der Waals surface area (Å²) >= 11 is 0. The third-order valence-corrected chi connectivity index (χ3v) is 8.45. The topological polar surface area (TPSA) is 50.8 Å². The van der Waals surface area contributed by atoms with Crippen molar-refractivity contribution in [1.82, 2.24) is 10.2 Å². The number of aryl methyl sites for hydroxylation is 3. The van der Waals surface area contributed by atoms with Gasteiger partial charge in [0, 0.05) is 12.1 Å². The molecule has 0 unspecified atom stereocenters. The summed E-state index contributed by atoms with van der Waals surface area (Å²) in [6, 6.07) is 7.24. The van der Waals surface area contributed by atoms with Crippen LogP contribution in [0.25, 0.3) is 11.1 Å². The molecule has 1 amide bonds. The number of ether oxygens (including phenoxy) is 2. The molecule has 188 valence electrons. The zero-order valence-electron chi connectivity index (χ0n) is 21.5. The number of carbonyl (C=O) groups is 1. The maximum atomic E-state index is 15.6. The second-order valence-corrected chi connectivity index (χ2v) is 11.3. The summed E-state index contributed by atoms with van der Waals surface area (Å²) in [7, 11) is 1.66. The number of hydrogen-bond donors (Lipinski definition) is 1. The van der Waals surface area contributed by atoms with Gasteiger partial charge in [-0.3, -0.25) is 4.90 Å². The van der Waals surface area contributed by atoms with Crippen LogP contribution in [0.2, 0.25) is 0 Å². The molecule has 3 fully saturated rings. The number of halogens is 1. The molecular weight excluding hydrogens is 443 g/mol. The molecule has 0 saturated carbocycles. The number of piperidine rings is 3. The van der Waals surface area contributed by atoms with Crippen LogP contribution in [0.15, 0.2) is 24.3 Å². The number of fused-ring (bicyclic) bond motifs is 4. The number of carbonyl (C=O) groups excluding carboxylic acids is 1. The van der Waals surface area contributed by atoms with Crippen molar-refractivity contribution in [3.8, 4) is 16.9 Å². The second-order valence-electron chi connectivity index (χ2n) is 11.3. The van der Waals surface area contributed by atoms with Gasteiger partial charge in [0.05, 0.1) is 13.2 Å². The van der Waals surface area contributed by atoms with E-state index in [0.29, 0.717) is 11.5 Å². The van der Waals surface area contributed by atoms with E-state index in [2.05, 4.69) is 24.1 Å². The molecule has 0 aromatic heterocycles. The summed E-state index contributed by atoms with van der Waals surface area (Å²) < 4.78 is 27.0. The quantitative estimate of drug-likeness (QED) is 0.587. The summed E-state index contributed by atoms with van der Waals surface area (Å²) in [5.74, 6) is 1.01. The molecule has 1 aliphatic carbocycles. The number of nitrogens with one attached hydrogen (secondary N) is 1. The monoisotopic (exact) mass is 480 g/mol. The molecule has 6 heteroatoms. The van der Waals surface area contributed by atoms with Crippen molar-refractivity contribution in [1.29, 1.82) is 0 Å². The van der Waals surface area contributed by atoms with Crippen LogP contribution in [0.5, 0.6) is 5.75 Å². The molecule has 4 aliphatic rings. The van der Waals surface area contributed by atoms with Gasteiger partial charge in [-0.25, -0.2) is 9.18 Å². The van der Waals surface area contributed by atoms with Gasteiger partial charge in [0.25, 0.3) is 0 Å². The first-order valence-corrected chi connectivity index (χ1v) is 12.8. The zero-order valence-corrected chi connectivity index (χ0v) is 21.5. The Hall–Kier alpha value is -2.60. The van der Waals surface area contributed by atoms with Crippen LogP contribution in [0.3, 0.4) is 0 Å². The second kappa shape index (κ2) is 9.12. The highest BCUT2D eigenvalue weighted by molar-refractivity contribution is 5.71. The molecule has 3 heterocycles. The lowest BCUT2D eigenvalue weighted by Crippen LogP contribution is -2.53. The van der Waals surface area contributed by atoms with Crippen LogP contribution >= 0.6 is 0 Å². The lowest BCUT2D eigenvalue weighted by Gasteiger charge is -2.44. The molecule has 35 heavy (non-hydrogen) atoms. The van der Waals surface area contributed by atoms with Crippen LogP contribution < -0.4 is 10.1 Å². The summed E-state index contributed by atoms with van der Waals surface area (Å²) in [5.41, 5.74) is 5.13. The van der Waals surface area contributed by atoms with E-state index >= 15 is 4.39 Å². The number of benzene rings is 2. The van der Waals surface area contributed by atoms with Crippen molar-refractivity contribution < 1.29 is 18.7 Å². The van der Waals surface area contributed by atoms with Crippen molar-refractivity contribution in [2.75, 3.05) is 26.7 Å². The smallest absolute Gasteiger partial charge is 0.407 e. The maximum absolute atomic E-state index is 15.6. The van der Waals surface area contributed by atoms with Gasteiger partial charge in [-0.2, -0.15) is 0 Å². The predicted octanol–water partition coefficient (Wildman–Crippen LogP) is 5.95. The van der Waals surface area contributed by atoms with Gasteiger partial charge in [-0.1, -0.05) is 13.8 Å². The molecule has 0 spiro atoms. The van der Waals surface area contributed by atoms with Crippen LogP contribution in [-0.4, -0.2) is 43.8 Å². The van der Waals surface area contributed by atoms with Crippen molar-refractivity contribution in [3.63, 3.8) is 0 Å². The van der Waals surface area contributed by atoms with E-state index in [4.69, 9.17) is 9.47 Å². The molecule has 3 saturated heterocycles. The van der Waals surface area contributed by atoms with Crippen molar-refractivity contribution in [3.05, 3.63) is 52.3 Å². The van der Waals surface area contributed by atoms with Crippen LogP contribution in [0.4, 0.5) is 9.18 Å². The fraction of sp³-hybridized carbons (Fsp3) is 0.552. The van der Waals surface area contributed by atoms with E-state index in [1.807, 2.05) is 32.0 Å². The third kappa shape index (κ3) is 4.53. The molecule has 3 aliphatic heterocycles. The Balaban J connectivity index is 1.41. The molecule has 6 rings (SSSR count). The van der Waals surface area contributed by atoms with Gasteiger partial charge >= 0.3 is 6.09 Å². The zero-order chi connectivity index (χ0) is 24.9. The first kappa shape index (κ1) is 24.1. The molecule has 1 N–H and O–H groups in total. The van der Waals surface area contributed by atoms with Crippen LogP contribution in [-0.2, 0) is 11.2 Å². The first-order chi connectivity index (χ1) is 16.7. The summed E-state index contributed by atoms with van der Waals surface area (Å²) in [4.78, 5) is 15.4. The highest BCUT2D eigenvalue weighted by Crippen LogP contribution is 2.45. The molecule has 2 aromatic rings. The van der Waals surface area contributed by atoms with E-state index in [9.17, 15) is 4.79 Å². The fourth-order valence-electron chi connectivity index (χ4n) is 6.40. The Morgan fingerprint density at radius 3 is 2.40 bits per heavy atom. The van der Waals surface area contributed by atoms with Gasteiger partial charge in [0.15, 0.2) is 0 Å². The highest BCUT2D eigenvalue weighted by Gasteiger charge is 2.40. The predicted molar refractivity (Wildman–Crippen MR) is 135 cm³/mol. The normalized spacial score (nSPS) is 26.7. The van der Waals surface area contributed by atoms with Crippen LogP contribution in [0, 0.1) is 31.0 Å². The Morgan fingerprint density at radius 1 is 1.11 bits per heavy atom. The van der Waals surface area contributed by atoms with Gasteiger partial charge in [-0.15, -0.1) is 0 Å². The Morgan fingerprint density at radius 2 is 1.80 bits per heavy atom. The maximum Gasteiger partial charge on any atom is 0.407 e. The first-order valence-electron chi connectivity index (χ1n) is 12.8. The summed E-state index contributed by atoms with van der Waals surface area (Å²) in [5, 5.41) is 3.13. The summed E-state index contributed by atoms with van der Waals surface area (Å²) in [6.45, 7) is 11.3. The van der Waals surface area contributed by atoms with Gasteiger partial charge < -0.3 is 14.8 Å². The van der Waals surface area contributed by atoms with E-state index in [0.717, 1.165) is 78.9 Å². The van der Waals surface area contributed by atoms with E-state index in [-0.39, 0.29) is 29.5 Å². The number of hydrogen-bond acceptors (Lipinski definition) is 4. The van der Waals surface area contributed by atoms with Crippen molar-refractivity contribution in [2.45, 2.75) is 65.5 Å². The Kier molecular flexibility index (Phi) is 6.28. The van der Waals surface area contributed by atoms with Gasteiger partial charge in [0.1, 0.15) is 17.7 Å². The van der Waals surface area contributed by atoms with Gasteiger partial charge in [0.2, 0.25) is 0 Å². The third-order valence-electron chi connectivity index (χ3n) is 8.45. The van der Waals surface area contributed by atoms with Crippen molar-refractivity contribution in [2.24, 2.45) is 11.3 Å². The minimum atomic E-state index is -0.388. The van der Waals surface area contributed by atoms with Crippen molar-refractivity contribution >= 4 is 6.09 Å². The van der Waals surface area contributed by atoms with Crippen LogP contribution in [0.1, 0.15) is 61.4 Å². The Bertz CT molecular complexity index is 1110. The average molecular weight is 481 g/mol. The molecule has 2 bridgehead atoms. The lowest BCUT2D eigenvalue weighted by molar-refractivity contribution is -0.0353. The Labute approximate surface area is 208 Å². The highest BCUT2D eigenvalue weighted by atomic mass is 19.1. The minimum absolute atomic E-state index is 0.0515. The van der Waals surface area contributed by atoms with E-state index in [1.165, 1.54) is 0 Å². The number of alkyl carbamates (subject to hydrolysis) is 1. The van der Waals surface area contributed by atoms with E-state index in [1.54, 1.807) is 13.2 Å². The fourth-order valence-corrected chi connectivity index (χ4v) is 6.40. The lowest BCUT2D eigenvalue weighted by atomic mass is 9.70. The van der Waals surface area contributed by atoms with E-state index < -0.39 is 0 Å². The number of methoxy groups -OCH3 is 1. The number of amides is 1.